The normalized spacial score (nSPS) is 16.8. The molecule has 0 saturated carbocycles. The second kappa shape index (κ2) is 8.63. The molecule has 0 spiro atoms. The van der Waals surface area contributed by atoms with Crippen molar-refractivity contribution in [1.29, 1.82) is 0 Å². The Morgan fingerprint density at radius 1 is 1.14 bits per heavy atom. The number of hydrogen-bond acceptors (Lipinski definition) is 5. The third kappa shape index (κ3) is 4.64. The molecular weight excluding hydrogens is 357 g/mol. The van der Waals surface area contributed by atoms with Crippen LogP contribution in [0.4, 0.5) is 4.39 Å². The smallest absolute Gasteiger partial charge is 0.226 e. The summed E-state index contributed by atoms with van der Waals surface area (Å²) in [6, 6.07) is 12.1. The molecule has 1 saturated heterocycles. The summed E-state index contributed by atoms with van der Waals surface area (Å²) in [6.45, 7) is 4.95. The first-order chi connectivity index (χ1) is 13.7. The second-order valence-electron chi connectivity index (χ2n) is 7.15. The zero-order chi connectivity index (χ0) is 19.3. The lowest BCUT2D eigenvalue weighted by Crippen LogP contribution is -2.32. The third-order valence-electron chi connectivity index (χ3n) is 4.95. The van der Waals surface area contributed by atoms with Gasteiger partial charge in [0.15, 0.2) is 0 Å². The van der Waals surface area contributed by atoms with Gasteiger partial charge in [0.1, 0.15) is 11.6 Å². The van der Waals surface area contributed by atoms with Crippen LogP contribution in [0.25, 0.3) is 11.5 Å². The van der Waals surface area contributed by atoms with E-state index in [1.807, 2.05) is 31.3 Å². The third-order valence-corrected chi connectivity index (χ3v) is 4.95. The van der Waals surface area contributed by atoms with Crippen LogP contribution in [0.2, 0.25) is 0 Å². The highest BCUT2D eigenvalue weighted by atomic mass is 19.1. The van der Waals surface area contributed by atoms with Gasteiger partial charge >= 0.3 is 0 Å². The molecule has 0 unspecified atom stereocenters. The van der Waals surface area contributed by atoms with Gasteiger partial charge in [-0.15, -0.1) is 0 Å². The second-order valence-corrected chi connectivity index (χ2v) is 7.15. The molecule has 1 aliphatic rings. The average Bonchev–Trinajstić information content (AvgIpc) is 3.33. The van der Waals surface area contributed by atoms with Crippen LogP contribution in [0, 0.1) is 12.7 Å². The van der Waals surface area contributed by atoms with E-state index in [4.69, 9.17) is 9.15 Å². The fourth-order valence-electron chi connectivity index (χ4n) is 3.48. The average molecular weight is 381 g/mol. The Labute approximate surface area is 164 Å². The molecule has 1 fully saturated rings. The minimum Gasteiger partial charge on any atom is -0.441 e. The van der Waals surface area contributed by atoms with Crippen LogP contribution in [0.3, 0.4) is 0 Å². The molecule has 28 heavy (non-hydrogen) atoms. The highest BCUT2D eigenvalue weighted by Gasteiger charge is 2.22. The van der Waals surface area contributed by atoms with Crippen LogP contribution in [-0.4, -0.2) is 34.1 Å². The van der Waals surface area contributed by atoms with Gasteiger partial charge in [-0.25, -0.2) is 9.37 Å². The standard InChI is InChI=1S/C22H24FN3O2/c1-16-21(25-22(28-16)17-7-9-18(23)10-8-17)15-26(14-20-6-4-12-27-20)13-19-5-2-3-11-24-19/h2-3,5,7-11,20H,4,6,12-15H2,1H3/t20-/m1/s1. The maximum Gasteiger partial charge on any atom is 0.226 e. The minimum atomic E-state index is -0.273. The minimum absolute atomic E-state index is 0.243. The van der Waals surface area contributed by atoms with Gasteiger partial charge in [0.05, 0.1) is 17.5 Å². The lowest BCUT2D eigenvalue weighted by molar-refractivity contribution is 0.0669. The molecule has 2 aromatic heterocycles. The van der Waals surface area contributed by atoms with E-state index in [1.165, 1.54) is 12.1 Å². The van der Waals surface area contributed by atoms with Gasteiger partial charge in [-0.1, -0.05) is 6.07 Å². The first-order valence-electron chi connectivity index (χ1n) is 9.63. The van der Waals surface area contributed by atoms with Gasteiger partial charge in [0, 0.05) is 38.0 Å². The van der Waals surface area contributed by atoms with Crippen molar-refractivity contribution in [3.05, 3.63) is 71.6 Å². The molecule has 3 heterocycles. The Hall–Kier alpha value is -2.57. The van der Waals surface area contributed by atoms with Crippen molar-refractivity contribution in [3.8, 4) is 11.5 Å². The van der Waals surface area contributed by atoms with E-state index in [0.717, 1.165) is 55.2 Å². The lowest BCUT2D eigenvalue weighted by Gasteiger charge is -2.24. The summed E-state index contributed by atoms with van der Waals surface area (Å²) in [4.78, 5) is 11.4. The van der Waals surface area contributed by atoms with E-state index in [2.05, 4.69) is 14.9 Å². The molecule has 3 aromatic rings. The number of benzene rings is 1. The van der Waals surface area contributed by atoms with Gasteiger partial charge in [0.2, 0.25) is 5.89 Å². The van der Waals surface area contributed by atoms with Crippen molar-refractivity contribution in [2.75, 3.05) is 13.2 Å². The van der Waals surface area contributed by atoms with Gasteiger partial charge in [-0.05, 0) is 56.2 Å². The van der Waals surface area contributed by atoms with E-state index in [-0.39, 0.29) is 11.9 Å². The maximum absolute atomic E-state index is 13.2. The number of rotatable bonds is 7. The quantitative estimate of drug-likeness (QED) is 0.608. The predicted octanol–water partition coefficient (Wildman–Crippen LogP) is 4.37. The molecule has 4 rings (SSSR count). The van der Waals surface area contributed by atoms with Crippen molar-refractivity contribution >= 4 is 0 Å². The maximum atomic E-state index is 13.2. The Morgan fingerprint density at radius 2 is 2.00 bits per heavy atom. The number of oxazole rings is 1. The molecule has 5 nitrogen and oxygen atoms in total. The molecular formula is C22H24FN3O2. The zero-order valence-corrected chi connectivity index (χ0v) is 16.0. The van der Waals surface area contributed by atoms with Crippen molar-refractivity contribution in [1.82, 2.24) is 14.9 Å². The number of aryl methyl sites for hydroxylation is 1. The summed E-state index contributed by atoms with van der Waals surface area (Å²) in [6.07, 6.45) is 4.25. The van der Waals surface area contributed by atoms with E-state index >= 15 is 0 Å². The zero-order valence-electron chi connectivity index (χ0n) is 16.0. The highest BCUT2D eigenvalue weighted by Crippen LogP contribution is 2.24. The molecule has 0 N–H and O–H groups in total. The lowest BCUT2D eigenvalue weighted by atomic mass is 10.2. The molecule has 0 amide bonds. The van der Waals surface area contributed by atoms with E-state index in [1.54, 1.807) is 12.1 Å². The van der Waals surface area contributed by atoms with E-state index < -0.39 is 0 Å². The number of nitrogens with zero attached hydrogens (tertiary/aromatic N) is 3. The Morgan fingerprint density at radius 3 is 2.71 bits per heavy atom. The Kier molecular flexibility index (Phi) is 5.78. The topological polar surface area (TPSA) is 51.4 Å². The number of aromatic nitrogens is 2. The molecule has 0 radical (unpaired) electrons. The Bertz CT molecular complexity index is 890. The van der Waals surface area contributed by atoms with Crippen molar-refractivity contribution in [2.45, 2.75) is 39.0 Å². The fraction of sp³-hybridized carbons (Fsp3) is 0.364. The van der Waals surface area contributed by atoms with Gasteiger partial charge in [-0.3, -0.25) is 9.88 Å². The molecule has 6 heteroatoms. The van der Waals surface area contributed by atoms with Crippen LogP contribution in [-0.2, 0) is 17.8 Å². The summed E-state index contributed by atoms with van der Waals surface area (Å²) in [5, 5.41) is 0. The summed E-state index contributed by atoms with van der Waals surface area (Å²) >= 11 is 0. The number of halogens is 1. The first kappa shape index (κ1) is 18.8. The molecule has 146 valence electrons. The van der Waals surface area contributed by atoms with Crippen LogP contribution >= 0.6 is 0 Å². The van der Waals surface area contributed by atoms with Crippen LogP contribution in [0.1, 0.15) is 30.0 Å². The SMILES string of the molecule is Cc1oc(-c2ccc(F)cc2)nc1CN(Cc1ccccn1)C[C@H]1CCCO1. The number of hydrogen-bond donors (Lipinski definition) is 0. The molecule has 0 bridgehead atoms. The monoisotopic (exact) mass is 381 g/mol. The van der Waals surface area contributed by atoms with E-state index in [0.29, 0.717) is 12.4 Å². The summed E-state index contributed by atoms with van der Waals surface area (Å²) in [5.41, 5.74) is 2.67. The van der Waals surface area contributed by atoms with Crippen molar-refractivity contribution in [2.24, 2.45) is 0 Å². The van der Waals surface area contributed by atoms with Gasteiger partial charge < -0.3 is 9.15 Å². The molecule has 1 aliphatic heterocycles. The van der Waals surface area contributed by atoms with Gasteiger partial charge in [-0.2, -0.15) is 0 Å². The van der Waals surface area contributed by atoms with Crippen LogP contribution in [0.5, 0.6) is 0 Å². The number of ether oxygens (including phenoxy) is 1. The van der Waals surface area contributed by atoms with Gasteiger partial charge in [0.25, 0.3) is 0 Å². The van der Waals surface area contributed by atoms with Crippen molar-refractivity contribution < 1.29 is 13.5 Å². The fourth-order valence-corrected chi connectivity index (χ4v) is 3.48. The van der Waals surface area contributed by atoms with Crippen LogP contribution in [0.15, 0.2) is 53.1 Å². The summed E-state index contributed by atoms with van der Waals surface area (Å²) < 4.78 is 24.9. The summed E-state index contributed by atoms with van der Waals surface area (Å²) in [5.74, 6) is 1.02. The molecule has 1 atom stereocenters. The largest absolute Gasteiger partial charge is 0.441 e. The predicted molar refractivity (Wildman–Crippen MR) is 104 cm³/mol. The van der Waals surface area contributed by atoms with E-state index in [9.17, 15) is 4.39 Å². The number of pyridine rings is 1. The van der Waals surface area contributed by atoms with Crippen molar-refractivity contribution in [3.63, 3.8) is 0 Å². The Balaban J connectivity index is 1.52. The van der Waals surface area contributed by atoms with Crippen LogP contribution < -0.4 is 0 Å². The first-order valence-corrected chi connectivity index (χ1v) is 9.63. The molecule has 1 aromatic carbocycles. The molecule has 0 aliphatic carbocycles. The summed E-state index contributed by atoms with van der Waals surface area (Å²) in [7, 11) is 0. The highest BCUT2D eigenvalue weighted by molar-refractivity contribution is 5.53.